The summed E-state index contributed by atoms with van der Waals surface area (Å²) in [7, 11) is 0. The SMILES string of the molecule is CC(C)OC1(C[C@H]2CCN(C3CCCc4[nH]ncc43)C2=O)C(Cl)=CC(c2ccccc2)=CC1Cl. The quantitative estimate of drug-likeness (QED) is 0.494. The van der Waals surface area contributed by atoms with Crippen LogP contribution < -0.4 is 0 Å². The van der Waals surface area contributed by atoms with Crippen LogP contribution in [0, 0.1) is 5.92 Å². The third kappa shape index (κ3) is 4.23. The zero-order chi connectivity index (χ0) is 23.9. The first-order valence-corrected chi connectivity index (χ1v) is 13.0. The number of carbonyl (C=O) groups excluding carboxylic acids is 1. The van der Waals surface area contributed by atoms with E-state index in [2.05, 4.69) is 10.2 Å². The van der Waals surface area contributed by atoms with Crippen molar-refractivity contribution < 1.29 is 9.53 Å². The van der Waals surface area contributed by atoms with E-state index in [0.717, 1.165) is 54.6 Å². The number of likely N-dealkylation sites (tertiary alicyclic amines) is 1. The molecule has 3 aliphatic rings. The van der Waals surface area contributed by atoms with Crippen molar-refractivity contribution in [2.24, 2.45) is 5.92 Å². The molecular formula is C27H31Cl2N3O2. The van der Waals surface area contributed by atoms with E-state index >= 15 is 0 Å². The summed E-state index contributed by atoms with van der Waals surface area (Å²) in [6.07, 6.45) is 10.0. The lowest BCUT2D eigenvalue weighted by Crippen LogP contribution is -2.47. The Morgan fingerprint density at radius 3 is 2.79 bits per heavy atom. The Bertz CT molecular complexity index is 1110. The van der Waals surface area contributed by atoms with E-state index in [-0.39, 0.29) is 24.0 Å². The number of allylic oxidation sites excluding steroid dienone is 2. The number of ether oxygens (including phenoxy) is 1. The molecule has 1 aromatic carbocycles. The number of aryl methyl sites for hydroxylation is 1. The third-order valence-electron chi connectivity index (χ3n) is 7.30. The number of amides is 1. The second-order valence-corrected chi connectivity index (χ2v) is 10.7. The lowest BCUT2D eigenvalue weighted by Gasteiger charge is -2.42. The van der Waals surface area contributed by atoms with E-state index in [4.69, 9.17) is 27.9 Å². The first-order valence-electron chi connectivity index (χ1n) is 12.2. The molecule has 5 nitrogen and oxygen atoms in total. The molecule has 0 radical (unpaired) electrons. The van der Waals surface area contributed by atoms with Gasteiger partial charge in [-0.25, -0.2) is 0 Å². The maximum atomic E-state index is 13.7. The molecule has 1 amide bonds. The molecule has 1 saturated heterocycles. The van der Waals surface area contributed by atoms with Gasteiger partial charge in [0.1, 0.15) is 5.60 Å². The van der Waals surface area contributed by atoms with Gasteiger partial charge >= 0.3 is 0 Å². The van der Waals surface area contributed by atoms with E-state index in [1.807, 2.05) is 67.4 Å². The van der Waals surface area contributed by atoms with Crippen LogP contribution in [0.2, 0.25) is 0 Å². The normalized spacial score (nSPS) is 29.3. The molecule has 2 heterocycles. The number of H-pyrrole nitrogens is 1. The second kappa shape index (κ2) is 9.52. The molecule has 1 N–H and O–H groups in total. The van der Waals surface area contributed by atoms with Crippen LogP contribution in [0.25, 0.3) is 5.57 Å². The number of aromatic amines is 1. The van der Waals surface area contributed by atoms with Gasteiger partial charge in [-0.3, -0.25) is 9.89 Å². The number of benzene rings is 1. The van der Waals surface area contributed by atoms with Crippen LogP contribution in [-0.2, 0) is 16.0 Å². The van der Waals surface area contributed by atoms with E-state index < -0.39 is 11.0 Å². The highest BCUT2D eigenvalue weighted by Gasteiger charge is 2.49. The smallest absolute Gasteiger partial charge is 0.226 e. The average Bonchev–Trinajstić information content (AvgIpc) is 3.44. The van der Waals surface area contributed by atoms with Crippen molar-refractivity contribution in [3.05, 3.63) is 70.5 Å². The van der Waals surface area contributed by atoms with Crippen LogP contribution in [0.1, 0.15) is 62.4 Å². The van der Waals surface area contributed by atoms with E-state index in [1.165, 1.54) is 0 Å². The number of nitrogens with zero attached hydrogens (tertiary/aromatic N) is 2. The predicted octanol–water partition coefficient (Wildman–Crippen LogP) is 6.02. The Hall–Kier alpha value is -2.08. The highest BCUT2D eigenvalue weighted by Crippen LogP contribution is 2.47. The van der Waals surface area contributed by atoms with Crippen molar-refractivity contribution in [2.45, 2.75) is 69.1 Å². The van der Waals surface area contributed by atoms with Crippen molar-refractivity contribution in [3.8, 4) is 0 Å². The van der Waals surface area contributed by atoms with Gasteiger partial charge in [0.2, 0.25) is 5.91 Å². The van der Waals surface area contributed by atoms with Crippen LogP contribution >= 0.6 is 23.2 Å². The van der Waals surface area contributed by atoms with Gasteiger partial charge in [0.15, 0.2) is 0 Å². The van der Waals surface area contributed by atoms with Crippen LogP contribution in [0.15, 0.2) is 53.7 Å². The average molecular weight is 500 g/mol. The van der Waals surface area contributed by atoms with Gasteiger partial charge in [0.25, 0.3) is 0 Å². The largest absolute Gasteiger partial charge is 0.365 e. The second-order valence-electron chi connectivity index (χ2n) is 9.87. The summed E-state index contributed by atoms with van der Waals surface area (Å²) in [5, 5.41) is 7.40. The Balaban J connectivity index is 1.40. The van der Waals surface area contributed by atoms with Gasteiger partial charge in [-0.15, -0.1) is 11.6 Å². The number of carbonyl (C=O) groups is 1. The fourth-order valence-corrected chi connectivity index (χ4v) is 6.54. The van der Waals surface area contributed by atoms with Gasteiger partial charge in [0.05, 0.1) is 28.8 Å². The molecule has 0 bridgehead atoms. The summed E-state index contributed by atoms with van der Waals surface area (Å²) in [4.78, 5) is 15.7. The number of hydrogen-bond donors (Lipinski definition) is 1. The van der Waals surface area contributed by atoms with Crippen molar-refractivity contribution >= 4 is 34.7 Å². The van der Waals surface area contributed by atoms with Gasteiger partial charge < -0.3 is 9.64 Å². The summed E-state index contributed by atoms with van der Waals surface area (Å²) in [6, 6.07) is 10.2. The van der Waals surface area contributed by atoms with Gasteiger partial charge in [-0.2, -0.15) is 5.10 Å². The zero-order valence-electron chi connectivity index (χ0n) is 19.6. The van der Waals surface area contributed by atoms with E-state index in [0.29, 0.717) is 11.5 Å². The van der Waals surface area contributed by atoms with Gasteiger partial charge in [-0.1, -0.05) is 48.0 Å². The molecule has 34 heavy (non-hydrogen) atoms. The zero-order valence-corrected chi connectivity index (χ0v) is 21.1. The summed E-state index contributed by atoms with van der Waals surface area (Å²) in [5.74, 6) is -0.0250. The minimum Gasteiger partial charge on any atom is -0.365 e. The minimum atomic E-state index is -0.931. The van der Waals surface area contributed by atoms with Crippen LogP contribution in [0.4, 0.5) is 0 Å². The molecule has 4 atom stereocenters. The fourth-order valence-electron chi connectivity index (χ4n) is 5.73. The van der Waals surface area contributed by atoms with Crippen molar-refractivity contribution in [3.63, 3.8) is 0 Å². The van der Waals surface area contributed by atoms with Crippen LogP contribution in [0.5, 0.6) is 0 Å². The predicted molar refractivity (Wildman–Crippen MR) is 136 cm³/mol. The monoisotopic (exact) mass is 499 g/mol. The summed E-state index contributed by atoms with van der Waals surface area (Å²) < 4.78 is 6.46. The molecule has 0 spiro atoms. The summed E-state index contributed by atoms with van der Waals surface area (Å²) in [6.45, 7) is 4.70. The molecule has 1 aromatic heterocycles. The number of aromatic nitrogens is 2. The van der Waals surface area contributed by atoms with Crippen molar-refractivity contribution in [1.29, 1.82) is 0 Å². The molecule has 2 aromatic rings. The maximum absolute atomic E-state index is 13.7. The molecule has 7 heteroatoms. The maximum Gasteiger partial charge on any atom is 0.226 e. The minimum absolute atomic E-state index is 0.0884. The number of hydrogen-bond acceptors (Lipinski definition) is 3. The molecule has 1 aliphatic heterocycles. The molecular weight excluding hydrogens is 469 g/mol. The molecule has 180 valence electrons. The Kier molecular flexibility index (Phi) is 6.62. The number of alkyl halides is 1. The van der Waals surface area contributed by atoms with Gasteiger partial charge in [-0.05, 0) is 63.2 Å². The number of fused-ring (bicyclic) bond motifs is 1. The van der Waals surface area contributed by atoms with E-state index in [9.17, 15) is 4.79 Å². The fraction of sp³-hybridized carbons (Fsp3) is 0.481. The highest BCUT2D eigenvalue weighted by atomic mass is 35.5. The molecule has 1 fully saturated rings. The number of nitrogens with one attached hydrogen (secondary N) is 1. The highest BCUT2D eigenvalue weighted by molar-refractivity contribution is 6.34. The first kappa shape index (κ1) is 23.7. The van der Waals surface area contributed by atoms with Crippen molar-refractivity contribution in [2.75, 3.05) is 6.54 Å². The van der Waals surface area contributed by atoms with E-state index in [1.54, 1.807) is 0 Å². The Morgan fingerprint density at radius 1 is 1.26 bits per heavy atom. The topological polar surface area (TPSA) is 58.2 Å². The standard InChI is InChI=1S/C27H31Cl2N3O2/c1-17(2)34-27(24(28)13-20(14-25(27)29)18-7-4-3-5-8-18)15-19-11-12-32(26(19)33)23-10-6-9-22-21(23)16-30-31-22/h3-5,7-8,13-14,16-17,19,23-24H,6,9-12,15H2,1-2H3,(H,30,31)/t19-,23?,24?,27?/m1/s1. The third-order valence-corrected chi connectivity index (χ3v) is 8.21. The lowest BCUT2D eigenvalue weighted by molar-refractivity contribution is -0.136. The molecule has 2 aliphatic carbocycles. The molecule has 3 unspecified atom stereocenters. The first-order chi connectivity index (χ1) is 16.4. The van der Waals surface area contributed by atoms with Gasteiger partial charge in [0, 0.05) is 23.7 Å². The summed E-state index contributed by atoms with van der Waals surface area (Å²) in [5.41, 5.74) is 3.42. The molecule has 0 saturated carbocycles. The molecule has 5 rings (SSSR count). The number of halogens is 2. The van der Waals surface area contributed by atoms with Crippen LogP contribution in [-0.4, -0.2) is 44.6 Å². The summed E-state index contributed by atoms with van der Waals surface area (Å²) >= 11 is 14.0. The van der Waals surface area contributed by atoms with Crippen LogP contribution in [0.3, 0.4) is 0 Å². The lowest BCUT2D eigenvalue weighted by atomic mass is 9.81. The Morgan fingerprint density at radius 2 is 2.06 bits per heavy atom. The Labute approximate surface area is 211 Å². The number of rotatable bonds is 6. The van der Waals surface area contributed by atoms with Crippen molar-refractivity contribution in [1.82, 2.24) is 15.1 Å².